The topological polar surface area (TPSA) is 87.0 Å². The summed E-state index contributed by atoms with van der Waals surface area (Å²) in [7, 11) is 1.47. The van der Waals surface area contributed by atoms with E-state index in [4.69, 9.17) is 4.74 Å². The lowest BCUT2D eigenvalue weighted by atomic mass is 10.1. The molecule has 0 spiro atoms. The first kappa shape index (κ1) is 16.4. The van der Waals surface area contributed by atoms with Crippen molar-refractivity contribution in [2.75, 3.05) is 7.11 Å². The second-order valence-electron chi connectivity index (χ2n) is 5.05. The summed E-state index contributed by atoms with van der Waals surface area (Å²) in [6.45, 7) is 0. The highest BCUT2D eigenvalue weighted by Gasteiger charge is 2.05. The van der Waals surface area contributed by atoms with E-state index in [2.05, 4.69) is 0 Å². The smallest absolute Gasteiger partial charge is 0.160 e. The minimum Gasteiger partial charge on any atom is -0.504 e. The number of hydrogen-bond donors (Lipinski definition) is 3. The fraction of sp³-hybridized carbons (Fsp3) is 0.167. The van der Waals surface area contributed by atoms with Gasteiger partial charge in [-0.3, -0.25) is 4.79 Å². The van der Waals surface area contributed by atoms with Gasteiger partial charge in [-0.2, -0.15) is 0 Å². The van der Waals surface area contributed by atoms with Gasteiger partial charge in [-0.25, -0.2) is 0 Å². The molecule has 0 aliphatic rings. The lowest BCUT2D eigenvalue weighted by Crippen LogP contribution is -1.96. The lowest BCUT2D eigenvalue weighted by molar-refractivity contribution is -0.114. The summed E-state index contributed by atoms with van der Waals surface area (Å²) in [6, 6.07) is 9.32. The number of phenolic OH excluding ortho intramolecular Hbond substituents is 3. The van der Waals surface area contributed by atoms with E-state index in [0.717, 1.165) is 5.56 Å². The molecule has 23 heavy (non-hydrogen) atoms. The molecule has 0 saturated heterocycles. The molecule has 0 bridgehead atoms. The van der Waals surface area contributed by atoms with Crippen LogP contribution in [0.4, 0.5) is 0 Å². The molecule has 0 heterocycles. The number of methoxy groups -OCH3 is 1. The summed E-state index contributed by atoms with van der Waals surface area (Å²) in [5.41, 5.74) is 1.52. The maximum absolute atomic E-state index is 11.9. The standard InChI is InChI=1S/C18H18O5/c1-23-18-11-13(5-9-16(18)21)3-7-14(19)6-2-12-4-8-15(20)17(22)10-12/h2,4-6,8-11,20-22H,3,7H2,1H3/b6-2+. The molecule has 0 amide bonds. The van der Waals surface area contributed by atoms with Crippen LogP contribution in [-0.2, 0) is 11.2 Å². The van der Waals surface area contributed by atoms with Crippen LogP contribution in [0.3, 0.4) is 0 Å². The first-order valence-corrected chi connectivity index (χ1v) is 7.08. The molecule has 2 aromatic rings. The van der Waals surface area contributed by atoms with Crippen LogP contribution < -0.4 is 4.74 Å². The van der Waals surface area contributed by atoms with E-state index in [1.165, 1.54) is 31.4 Å². The van der Waals surface area contributed by atoms with Gasteiger partial charge < -0.3 is 20.1 Å². The quantitative estimate of drug-likeness (QED) is 0.563. The Bertz CT molecular complexity index is 734. The van der Waals surface area contributed by atoms with E-state index < -0.39 is 0 Å². The number of benzene rings is 2. The van der Waals surface area contributed by atoms with Gasteiger partial charge in [-0.15, -0.1) is 0 Å². The number of hydrogen-bond acceptors (Lipinski definition) is 5. The van der Waals surface area contributed by atoms with E-state index in [1.807, 2.05) is 0 Å². The van der Waals surface area contributed by atoms with Gasteiger partial charge in [-0.1, -0.05) is 18.2 Å². The summed E-state index contributed by atoms with van der Waals surface area (Å²) in [5, 5.41) is 28.1. The van der Waals surface area contributed by atoms with Crippen LogP contribution >= 0.6 is 0 Å². The number of carbonyl (C=O) groups excluding carboxylic acids is 1. The number of carbonyl (C=O) groups is 1. The zero-order chi connectivity index (χ0) is 16.8. The Morgan fingerprint density at radius 2 is 1.78 bits per heavy atom. The highest BCUT2D eigenvalue weighted by molar-refractivity contribution is 5.93. The summed E-state index contributed by atoms with van der Waals surface area (Å²) < 4.78 is 5.03. The average molecular weight is 314 g/mol. The van der Waals surface area contributed by atoms with Gasteiger partial charge in [0.2, 0.25) is 0 Å². The van der Waals surface area contributed by atoms with Gasteiger partial charge in [0.25, 0.3) is 0 Å². The highest BCUT2D eigenvalue weighted by Crippen LogP contribution is 2.27. The molecular weight excluding hydrogens is 296 g/mol. The number of rotatable bonds is 6. The summed E-state index contributed by atoms with van der Waals surface area (Å²) in [6.07, 6.45) is 3.86. The Morgan fingerprint density at radius 1 is 1.04 bits per heavy atom. The van der Waals surface area contributed by atoms with E-state index in [9.17, 15) is 20.1 Å². The van der Waals surface area contributed by atoms with Crippen LogP contribution in [0.25, 0.3) is 6.08 Å². The Labute approximate surface area is 134 Å². The van der Waals surface area contributed by atoms with E-state index in [-0.39, 0.29) is 23.0 Å². The SMILES string of the molecule is COc1cc(CCC(=O)/C=C/c2ccc(O)c(O)c2)ccc1O. The van der Waals surface area contributed by atoms with Gasteiger partial charge in [0, 0.05) is 6.42 Å². The molecule has 0 saturated carbocycles. The molecule has 0 radical (unpaired) electrons. The van der Waals surface area contributed by atoms with Gasteiger partial charge >= 0.3 is 0 Å². The molecule has 5 nitrogen and oxygen atoms in total. The second-order valence-corrected chi connectivity index (χ2v) is 5.05. The van der Waals surface area contributed by atoms with Crippen molar-refractivity contribution < 1.29 is 24.9 Å². The minimum atomic E-state index is -0.226. The number of aryl methyl sites for hydroxylation is 1. The predicted molar refractivity (Wildman–Crippen MR) is 86.8 cm³/mol. The monoisotopic (exact) mass is 314 g/mol. The first-order valence-electron chi connectivity index (χ1n) is 7.08. The molecule has 0 aliphatic heterocycles. The third kappa shape index (κ3) is 4.51. The van der Waals surface area contributed by atoms with Gasteiger partial charge in [0.15, 0.2) is 28.8 Å². The number of ketones is 1. The molecule has 0 atom stereocenters. The van der Waals surface area contributed by atoms with Crippen molar-refractivity contribution >= 4 is 11.9 Å². The van der Waals surface area contributed by atoms with Gasteiger partial charge in [0.05, 0.1) is 7.11 Å². The third-order valence-electron chi connectivity index (χ3n) is 3.37. The largest absolute Gasteiger partial charge is 0.504 e. The normalized spacial score (nSPS) is 10.8. The average Bonchev–Trinajstić information content (AvgIpc) is 2.55. The van der Waals surface area contributed by atoms with Gasteiger partial charge in [0.1, 0.15) is 0 Å². The molecule has 0 fully saturated rings. The number of ether oxygens (including phenoxy) is 1. The maximum Gasteiger partial charge on any atom is 0.160 e. The predicted octanol–water partition coefficient (Wildman–Crippen LogP) is 3.03. The Morgan fingerprint density at radius 3 is 2.48 bits per heavy atom. The van der Waals surface area contributed by atoms with Crippen molar-refractivity contribution in [2.45, 2.75) is 12.8 Å². The van der Waals surface area contributed by atoms with Crippen molar-refractivity contribution in [3.63, 3.8) is 0 Å². The van der Waals surface area contributed by atoms with Crippen LogP contribution in [0.15, 0.2) is 42.5 Å². The Balaban J connectivity index is 1.94. The molecular formula is C18H18O5. The van der Waals surface area contributed by atoms with Gasteiger partial charge in [-0.05, 0) is 47.9 Å². The molecule has 2 aromatic carbocycles. The van der Waals surface area contributed by atoms with Crippen molar-refractivity contribution in [3.05, 3.63) is 53.6 Å². The molecule has 2 rings (SSSR count). The van der Waals surface area contributed by atoms with Crippen molar-refractivity contribution in [3.8, 4) is 23.0 Å². The molecule has 0 aliphatic carbocycles. The molecule has 0 aromatic heterocycles. The van der Waals surface area contributed by atoms with Crippen molar-refractivity contribution in [2.24, 2.45) is 0 Å². The number of phenols is 3. The van der Waals surface area contributed by atoms with Crippen molar-refractivity contribution in [1.82, 2.24) is 0 Å². The molecule has 5 heteroatoms. The summed E-state index contributed by atoms with van der Waals surface area (Å²) in [5.74, 6) is -0.0465. The van der Waals surface area contributed by atoms with Crippen LogP contribution in [0.1, 0.15) is 17.5 Å². The minimum absolute atomic E-state index is 0.0645. The summed E-state index contributed by atoms with van der Waals surface area (Å²) >= 11 is 0. The Kier molecular flexibility index (Phi) is 5.25. The van der Waals surface area contributed by atoms with Crippen LogP contribution in [-0.4, -0.2) is 28.2 Å². The van der Waals surface area contributed by atoms with E-state index in [0.29, 0.717) is 24.2 Å². The van der Waals surface area contributed by atoms with Crippen molar-refractivity contribution in [1.29, 1.82) is 0 Å². The second kappa shape index (κ2) is 7.35. The molecule has 0 unspecified atom stereocenters. The molecule has 3 N–H and O–H groups in total. The van der Waals surface area contributed by atoms with E-state index in [1.54, 1.807) is 24.3 Å². The van der Waals surface area contributed by atoms with Crippen LogP contribution in [0.5, 0.6) is 23.0 Å². The fourth-order valence-corrected chi connectivity index (χ4v) is 2.06. The fourth-order valence-electron chi connectivity index (χ4n) is 2.06. The van der Waals surface area contributed by atoms with Crippen LogP contribution in [0.2, 0.25) is 0 Å². The summed E-state index contributed by atoms with van der Waals surface area (Å²) in [4.78, 5) is 11.9. The Hall–Kier alpha value is -2.95. The zero-order valence-electron chi connectivity index (χ0n) is 12.7. The zero-order valence-corrected chi connectivity index (χ0v) is 12.7. The maximum atomic E-state index is 11.9. The first-order chi connectivity index (χ1) is 11.0. The highest BCUT2D eigenvalue weighted by atomic mass is 16.5. The third-order valence-corrected chi connectivity index (χ3v) is 3.37. The van der Waals surface area contributed by atoms with Crippen LogP contribution in [0, 0.1) is 0 Å². The number of aromatic hydroxyl groups is 3. The molecule has 120 valence electrons. The lowest BCUT2D eigenvalue weighted by Gasteiger charge is -2.05. The van der Waals surface area contributed by atoms with E-state index >= 15 is 0 Å². The number of allylic oxidation sites excluding steroid dienone is 1.